The van der Waals surface area contributed by atoms with Crippen LogP contribution in [0.2, 0.25) is 0 Å². The molecule has 0 atom stereocenters. The average molecular weight is 515 g/mol. The van der Waals surface area contributed by atoms with E-state index in [0.717, 1.165) is 28.2 Å². The molecule has 0 radical (unpaired) electrons. The van der Waals surface area contributed by atoms with Gasteiger partial charge in [-0.2, -0.15) is 0 Å². The minimum absolute atomic E-state index is 0.246. The summed E-state index contributed by atoms with van der Waals surface area (Å²) in [6, 6.07) is 3.50. The van der Waals surface area contributed by atoms with Crippen LogP contribution in [0.1, 0.15) is 47.8 Å². The third-order valence-corrected chi connectivity index (χ3v) is 7.19. The zero-order valence-corrected chi connectivity index (χ0v) is 20.6. The summed E-state index contributed by atoms with van der Waals surface area (Å²) in [5.74, 6) is -1.20. The number of fused-ring (bicyclic) bond motifs is 1. The van der Waals surface area contributed by atoms with Crippen LogP contribution in [0, 0.1) is 13.8 Å². The number of nitrogen functional groups attached to an aromatic ring is 1. The van der Waals surface area contributed by atoms with E-state index >= 15 is 0 Å². The smallest absolute Gasteiger partial charge is 0.341 e. The van der Waals surface area contributed by atoms with E-state index in [-0.39, 0.29) is 22.7 Å². The lowest BCUT2D eigenvalue weighted by Crippen LogP contribution is -2.12. The minimum atomic E-state index is -0.584. The average Bonchev–Trinajstić information content (AvgIpc) is 3.31. The van der Waals surface area contributed by atoms with Gasteiger partial charge in [-0.25, -0.2) is 9.78 Å². The molecule has 0 fully saturated rings. The summed E-state index contributed by atoms with van der Waals surface area (Å²) in [5.41, 5.74) is 17.8. The first-order chi connectivity index (χ1) is 16.6. The summed E-state index contributed by atoms with van der Waals surface area (Å²) in [5, 5.41) is 0.682. The molecule has 0 aliphatic carbocycles. The van der Waals surface area contributed by atoms with Crippen LogP contribution in [0.5, 0.6) is 0 Å². The lowest BCUT2D eigenvalue weighted by molar-refractivity contribution is 0.0527. The van der Waals surface area contributed by atoms with Gasteiger partial charge in [-0.05, 0) is 44.0 Å². The van der Waals surface area contributed by atoms with Gasteiger partial charge in [-0.1, -0.05) is 0 Å². The molecular weight excluding hydrogens is 492 g/mol. The Bertz CT molecular complexity index is 1490. The highest BCUT2D eigenvalue weighted by atomic mass is 32.1. The zero-order chi connectivity index (χ0) is 25.9. The normalized spacial score (nSPS) is 10.5. The van der Waals surface area contributed by atoms with Crippen LogP contribution in [0.3, 0.4) is 0 Å². The van der Waals surface area contributed by atoms with Crippen molar-refractivity contribution in [3.63, 3.8) is 0 Å². The summed E-state index contributed by atoms with van der Waals surface area (Å²) < 4.78 is 4.82. The molecule has 4 heterocycles. The van der Waals surface area contributed by atoms with E-state index in [1.165, 1.54) is 0 Å². The van der Waals surface area contributed by atoms with Crippen LogP contribution < -0.4 is 22.8 Å². The van der Waals surface area contributed by atoms with Crippen molar-refractivity contribution < 1.29 is 19.1 Å². The molecular formula is C22H22N6O5S2. The van der Waals surface area contributed by atoms with E-state index in [1.807, 2.05) is 0 Å². The molecule has 0 aromatic carbocycles. The second-order valence-corrected chi connectivity index (χ2v) is 9.18. The minimum Gasteiger partial charge on any atom is -0.462 e. The number of esters is 1. The van der Waals surface area contributed by atoms with Crippen LogP contribution in [0.4, 0.5) is 5.00 Å². The Labute approximate surface area is 207 Å². The first-order valence-corrected chi connectivity index (χ1v) is 11.8. The Morgan fingerprint density at radius 2 is 1.63 bits per heavy atom. The molecule has 13 heteroatoms. The Balaban J connectivity index is 0.000000205. The SMILES string of the molecule is CCOC(=O)c1c(N)sc(C(N)=O)c1C.Cc1c(C(N)=O)sc2nc(-c3ccncc3)[nH]c(=O)c12. The highest BCUT2D eigenvalue weighted by Crippen LogP contribution is 2.31. The van der Waals surface area contributed by atoms with Gasteiger partial charge in [0.2, 0.25) is 0 Å². The maximum atomic E-state index is 12.2. The molecule has 7 N–H and O–H groups in total. The number of aryl methyl sites for hydroxylation is 1. The maximum Gasteiger partial charge on any atom is 0.341 e. The maximum absolute atomic E-state index is 12.2. The summed E-state index contributed by atoms with van der Waals surface area (Å²) >= 11 is 2.14. The number of nitrogens with one attached hydrogen (secondary N) is 1. The van der Waals surface area contributed by atoms with Gasteiger partial charge in [0.05, 0.1) is 27.3 Å². The van der Waals surface area contributed by atoms with Crippen molar-refractivity contribution in [2.75, 3.05) is 12.3 Å². The van der Waals surface area contributed by atoms with E-state index in [2.05, 4.69) is 15.0 Å². The van der Waals surface area contributed by atoms with Crippen molar-refractivity contribution in [1.82, 2.24) is 15.0 Å². The number of nitrogens with two attached hydrogens (primary N) is 3. The largest absolute Gasteiger partial charge is 0.462 e. The Morgan fingerprint density at radius 3 is 2.17 bits per heavy atom. The number of amides is 2. The Kier molecular flexibility index (Phi) is 7.62. The number of H-pyrrole nitrogens is 1. The predicted molar refractivity (Wildman–Crippen MR) is 135 cm³/mol. The number of nitrogens with zero attached hydrogens (tertiary/aromatic N) is 2. The topological polar surface area (TPSA) is 197 Å². The summed E-state index contributed by atoms with van der Waals surface area (Å²) in [6.45, 7) is 5.28. The third kappa shape index (κ3) is 5.20. The van der Waals surface area contributed by atoms with E-state index in [1.54, 1.807) is 45.3 Å². The molecule has 0 spiro atoms. The molecule has 35 heavy (non-hydrogen) atoms. The number of pyridine rings is 1. The fraction of sp³-hybridized carbons (Fsp3) is 0.182. The van der Waals surface area contributed by atoms with E-state index in [4.69, 9.17) is 21.9 Å². The van der Waals surface area contributed by atoms with Crippen LogP contribution >= 0.6 is 22.7 Å². The lowest BCUT2D eigenvalue weighted by atomic mass is 10.1. The molecule has 0 saturated heterocycles. The molecule has 0 saturated carbocycles. The van der Waals surface area contributed by atoms with Crippen LogP contribution in [0.25, 0.3) is 21.6 Å². The zero-order valence-electron chi connectivity index (χ0n) is 19.0. The highest BCUT2D eigenvalue weighted by Gasteiger charge is 2.22. The van der Waals surface area contributed by atoms with Gasteiger partial charge in [-0.3, -0.25) is 19.4 Å². The van der Waals surface area contributed by atoms with Crippen molar-refractivity contribution in [3.05, 3.63) is 61.3 Å². The second kappa shape index (κ2) is 10.4. The number of carbonyl (C=O) groups is 3. The van der Waals surface area contributed by atoms with Gasteiger partial charge in [-0.15, -0.1) is 22.7 Å². The van der Waals surface area contributed by atoms with Crippen LogP contribution in [0.15, 0.2) is 29.3 Å². The van der Waals surface area contributed by atoms with Crippen molar-refractivity contribution in [2.24, 2.45) is 11.5 Å². The number of ether oxygens (including phenoxy) is 1. The Hall–Kier alpha value is -4.10. The molecule has 182 valence electrons. The molecule has 4 aromatic rings. The van der Waals surface area contributed by atoms with Crippen LogP contribution in [-0.2, 0) is 4.74 Å². The second-order valence-electron chi connectivity index (χ2n) is 7.13. The molecule has 4 aromatic heterocycles. The number of aromatic amines is 1. The molecule has 0 aliphatic rings. The predicted octanol–water partition coefficient (Wildman–Crippen LogP) is 2.37. The van der Waals surface area contributed by atoms with Crippen molar-refractivity contribution in [1.29, 1.82) is 0 Å². The van der Waals surface area contributed by atoms with Gasteiger partial charge >= 0.3 is 5.97 Å². The van der Waals surface area contributed by atoms with Crippen molar-refractivity contribution in [2.45, 2.75) is 20.8 Å². The summed E-state index contributed by atoms with van der Waals surface area (Å²) in [6.07, 6.45) is 3.24. The van der Waals surface area contributed by atoms with Crippen molar-refractivity contribution >= 4 is 55.7 Å². The van der Waals surface area contributed by atoms with Crippen molar-refractivity contribution in [3.8, 4) is 11.4 Å². The fourth-order valence-corrected chi connectivity index (χ4v) is 5.20. The van der Waals surface area contributed by atoms with Gasteiger partial charge in [0, 0.05) is 18.0 Å². The number of carbonyl (C=O) groups excluding carboxylic acids is 3. The van der Waals surface area contributed by atoms with E-state index in [9.17, 15) is 19.2 Å². The number of primary amides is 2. The molecule has 2 amide bonds. The molecule has 4 rings (SSSR count). The standard InChI is InChI=1S/C13H10N4O2S.C9H12N2O3S/c1-6-8-12(19)16-11(7-2-4-15-5-3-7)17-13(8)20-9(6)10(14)18;1-3-14-9(13)5-4(2)6(7(10)12)15-8(5)11/h2-5H,1H3,(H2,14,18)(H,16,17,19);3,11H2,1-2H3,(H2,10,12). The molecule has 11 nitrogen and oxygen atoms in total. The van der Waals surface area contributed by atoms with Gasteiger partial charge in [0.25, 0.3) is 17.4 Å². The number of rotatable bonds is 5. The molecule has 0 unspecified atom stereocenters. The highest BCUT2D eigenvalue weighted by molar-refractivity contribution is 7.20. The number of hydrogen-bond donors (Lipinski definition) is 4. The number of aromatic nitrogens is 3. The number of anilines is 1. The molecule has 0 aliphatic heterocycles. The lowest BCUT2D eigenvalue weighted by Gasteiger charge is -2.01. The number of hydrogen-bond acceptors (Lipinski definition) is 10. The Morgan fingerprint density at radius 1 is 1.03 bits per heavy atom. The van der Waals surface area contributed by atoms with E-state index in [0.29, 0.717) is 36.9 Å². The van der Waals surface area contributed by atoms with Gasteiger partial charge < -0.3 is 26.9 Å². The fourth-order valence-electron chi connectivity index (χ4n) is 3.25. The van der Waals surface area contributed by atoms with Gasteiger partial charge in [0.1, 0.15) is 15.7 Å². The van der Waals surface area contributed by atoms with Crippen LogP contribution in [-0.4, -0.2) is 39.3 Å². The molecule has 0 bridgehead atoms. The monoisotopic (exact) mass is 514 g/mol. The third-order valence-electron chi connectivity index (χ3n) is 4.86. The quantitative estimate of drug-likeness (QED) is 0.291. The number of thiophene rings is 2. The van der Waals surface area contributed by atoms with E-state index < -0.39 is 17.8 Å². The summed E-state index contributed by atoms with van der Waals surface area (Å²) in [4.78, 5) is 58.2. The first-order valence-electron chi connectivity index (χ1n) is 10.2. The summed E-state index contributed by atoms with van der Waals surface area (Å²) in [7, 11) is 0. The van der Waals surface area contributed by atoms with Gasteiger partial charge in [0.15, 0.2) is 0 Å². The first kappa shape index (κ1) is 25.5.